The van der Waals surface area contributed by atoms with Crippen LogP contribution < -0.4 is 5.32 Å². The van der Waals surface area contributed by atoms with Crippen LogP contribution in [0, 0.1) is 0 Å². The normalized spacial score (nSPS) is 14.3. The molecule has 0 fully saturated rings. The van der Waals surface area contributed by atoms with Gasteiger partial charge in [0, 0.05) is 12.6 Å². The van der Waals surface area contributed by atoms with Crippen molar-refractivity contribution in [3.63, 3.8) is 0 Å². The number of rotatable bonds is 10. The van der Waals surface area contributed by atoms with Gasteiger partial charge < -0.3 is 10.1 Å². The van der Waals surface area contributed by atoms with Crippen molar-refractivity contribution in [1.82, 2.24) is 5.32 Å². The molecule has 0 aliphatic heterocycles. The SMILES string of the molecule is CCCCC(NCCC)C(OCC)c1ccccc1. The first-order valence-corrected chi connectivity index (χ1v) is 7.73. The molecule has 0 bridgehead atoms. The van der Waals surface area contributed by atoms with Gasteiger partial charge in [-0.3, -0.25) is 0 Å². The highest BCUT2D eigenvalue weighted by Crippen LogP contribution is 2.24. The Kier molecular flexibility index (Phi) is 8.52. The van der Waals surface area contributed by atoms with Crippen LogP contribution in [0.1, 0.15) is 58.1 Å². The molecule has 0 radical (unpaired) electrons. The zero-order chi connectivity index (χ0) is 13.9. The summed E-state index contributed by atoms with van der Waals surface area (Å²) in [5, 5.41) is 3.66. The molecule has 0 spiro atoms. The lowest BCUT2D eigenvalue weighted by molar-refractivity contribution is 0.0303. The molecule has 1 rings (SSSR count). The van der Waals surface area contributed by atoms with Crippen LogP contribution in [0.25, 0.3) is 0 Å². The van der Waals surface area contributed by atoms with Crippen LogP contribution in [0.5, 0.6) is 0 Å². The van der Waals surface area contributed by atoms with Crippen molar-refractivity contribution in [1.29, 1.82) is 0 Å². The maximum atomic E-state index is 6.02. The fraction of sp³-hybridized carbons (Fsp3) is 0.647. The van der Waals surface area contributed by atoms with Crippen molar-refractivity contribution in [2.75, 3.05) is 13.2 Å². The molecule has 0 amide bonds. The van der Waals surface area contributed by atoms with Crippen LogP contribution in [-0.4, -0.2) is 19.2 Å². The van der Waals surface area contributed by atoms with E-state index in [1.54, 1.807) is 0 Å². The van der Waals surface area contributed by atoms with E-state index in [2.05, 4.69) is 56.4 Å². The highest BCUT2D eigenvalue weighted by Gasteiger charge is 2.22. The summed E-state index contributed by atoms with van der Waals surface area (Å²) in [6.07, 6.45) is 4.99. The number of nitrogens with one attached hydrogen (secondary N) is 1. The van der Waals surface area contributed by atoms with E-state index >= 15 is 0 Å². The van der Waals surface area contributed by atoms with Crippen molar-refractivity contribution in [2.24, 2.45) is 0 Å². The maximum absolute atomic E-state index is 6.02. The fourth-order valence-corrected chi connectivity index (χ4v) is 2.38. The van der Waals surface area contributed by atoms with Gasteiger partial charge in [0.25, 0.3) is 0 Å². The summed E-state index contributed by atoms with van der Waals surface area (Å²) in [5.41, 5.74) is 1.29. The van der Waals surface area contributed by atoms with Gasteiger partial charge in [-0.15, -0.1) is 0 Å². The number of benzene rings is 1. The summed E-state index contributed by atoms with van der Waals surface area (Å²) in [6, 6.07) is 11.0. The second-order valence-electron chi connectivity index (χ2n) is 4.99. The third-order valence-corrected chi connectivity index (χ3v) is 3.36. The van der Waals surface area contributed by atoms with Crippen LogP contribution in [0.15, 0.2) is 30.3 Å². The lowest BCUT2D eigenvalue weighted by Gasteiger charge is -2.28. The van der Waals surface area contributed by atoms with E-state index in [4.69, 9.17) is 4.74 Å². The van der Waals surface area contributed by atoms with Crippen LogP contribution in [0.3, 0.4) is 0 Å². The molecule has 0 aliphatic rings. The minimum Gasteiger partial charge on any atom is -0.372 e. The lowest BCUT2D eigenvalue weighted by Crippen LogP contribution is -2.36. The zero-order valence-corrected chi connectivity index (χ0v) is 12.7. The molecule has 2 unspecified atom stereocenters. The van der Waals surface area contributed by atoms with Gasteiger partial charge in [-0.2, -0.15) is 0 Å². The Bertz CT molecular complexity index is 304. The van der Waals surface area contributed by atoms with E-state index in [0.29, 0.717) is 6.04 Å². The van der Waals surface area contributed by atoms with E-state index in [-0.39, 0.29) is 6.10 Å². The summed E-state index contributed by atoms with van der Waals surface area (Å²) >= 11 is 0. The number of hydrogen-bond donors (Lipinski definition) is 1. The molecule has 1 N–H and O–H groups in total. The molecule has 0 saturated carbocycles. The molecule has 0 saturated heterocycles. The van der Waals surface area contributed by atoms with Crippen molar-refractivity contribution in [2.45, 2.75) is 58.6 Å². The average Bonchev–Trinajstić information content (AvgIpc) is 2.46. The first-order valence-electron chi connectivity index (χ1n) is 7.73. The van der Waals surface area contributed by atoms with Crippen LogP contribution >= 0.6 is 0 Å². The first kappa shape index (κ1) is 16.2. The van der Waals surface area contributed by atoms with Crippen molar-refractivity contribution < 1.29 is 4.74 Å². The molecule has 1 aromatic rings. The Morgan fingerprint density at radius 1 is 1.05 bits per heavy atom. The van der Waals surface area contributed by atoms with E-state index in [0.717, 1.165) is 19.6 Å². The van der Waals surface area contributed by atoms with Crippen molar-refractivity contribution in [3.8, 4) is 0 Å². The monoisotopic (exact) mass is 263 g/mol. The lowest BCUT2D eigenvalue weighted by atomic mass is 9.97. The van der Waals surface area contributed by atoms with E-state index in [1.807, 2.05) is 0 Å². The smallest absolute Gasteiger partial charge is 0.0977 e. The van der Waals surface area contributed by atoms with Crippen LogP contribution in [-0.2, 0) is 4.74 Å². The molecule has 2 atom stereocenters. The predicted octanol–water partition coefficient (Wildman–Crippen LogP) is 4.32. The molecule has 108 valence electrons. The third kappa shape index (κ3) is 5.75. The molecule has 2 heteroatoms. The van der Waals surface area contributed by atoms with Gasteiger partial charge in [0.1, 0.15) is 0 Å². The Labute approximate surface area is 118 Å². The molecular formula is C17H29NO. The van der Waals surface area contributed by atoms with Gasteiger partial charge in [-0.25, -0.2) is 0 Å². The van der Waals surface area contributed by atoms with Gasteiger partial charge in [-0.05, 0) is 31.9 Å². The summed E-state index contributed by atoms with van der Waals surface area (Å²) in [7, 11) is 0. The first-order chi connectivity index (χ1) is 9.33. The number of unbranched alkanes of at least 4 members (excludes halogenated alkanes) is 1. The maximum Gasteiger partial charge on any atom is 0.0977 e. The van der Waals surface area contributed by atoms with Gasteiger partial charge in [0.2, 0.25) is 0 Å². The Morgan fingerprint density at radius 2 is 1.79 bits per heavy atom. The summed E-state index contributed by atoms with van der Waals surface area (Å²) in [6.45, 7) is 8.35. The fourth-order valence-electron chi connectivity index (χ4n) is 2.38. The zero-order valence-electron chi connectivity index (χ0n) is 12.7. The average molecular weight is 263 g/mol. The quantitative estimate of drug-likeness (QED) is 0.678. The van der Waals surface area contributed by atoms with E-state index in [9.17, 15) is 0 Å². The van der Waals surface area contributed by atoms with E-state index in [1.165, 1.54) is 24.8 Å². The number of ether oxygens (including phenoxy) is 1. The molecule has 0 aromatic heterocycles. The van der Waals surface area contributed by atoms with Crippen molar-refractivity contribution in [3.05, 3.63) is 35.9 Å². The van der Waals surface area contributed by atoms with E-state index < -0.39 is 0 Å². The summed E-state index contributed by atoms with van der Waals surface area (Å²) < 4.78 is 6.02. The molecule has 19 heavy (non-hydrogen) atoms. The standard InChI is InChI=1S/C17H29NO/c1-4-7-13-16(18-14-5-2)17(19-6-3)15-11-9-8-10-12-15/h8-12,16-18H,4-7,13-14H2,1-3H3. The molecule has 1 aromatic carbocycles. The van der Waals surface area contributed by atoms with Gasteiger partial charge in [0.05, 0.1) is 6.10 Å². The van der Waals surface area contributed by atoms with Crippen molar-refractivity contribution >= 4 is 0 Å². The third-order valence-electron chi connectivity index (χ3n) is 3.36. The second kappa shape index (κ2) is 9.99. The number of hydrogen-bond acceptors (Lipinski definition) is 2. The highest BCUT2D eigenvalue weighted by molar-refractivity contribution is 5.19. The molecule has 0 heterocycles. The van der Waals surface area contributed by atoms with Crippen LogP contribution in [0.2, 0.25) is 0 Å². The topological polar surface area (TPSA) is 21.3 Å². The largest absolute Gasteiger partial charge is 0.372 e. The second-order valence-corrected chi connectivity index (χ2v) is 4.99. The summed E-state index contributed by atoms with van der Waals surface area (Å²) in [5.74, 6) is 0. The van der Waals surface area contributed by atoms with Gasteiger partial charge in [0.15, 0.2) is 0 Å². The molecule has 0 aliphatic carbocycles. The van der Waals surface area contributed by atoms with Gasteiger partial charge in [-0.1, -0.05) is 57.0 Å². The van der Waals surface area contributed by atoms with Crippen LogP contribution in [0.4, 0.5) is 0 Å². The Hall–Kier alpha value is -0.860. The Morgan fingerprint density at radius 3 is 2.37 bits per heavy atom. The Balaban J connectivity index is 2.77. The minimum absolute atomic E-state index is 0.171. The predicted molar refractivity (Wildman–Crippen MR) is 82.4 cm³/mol. The molecular weight excluding hydrogens is 234 g/mol. The summed E-state index contributed by atoms with van der Waals surface area (Å²) in [4.78, 5) is 0. The van der Waals surface area contributed by atoms with Gasteiger partial charge >= 0.3 is 0 Å². The molecule has 2 nitrogen and oxygen atoms in total. The minimum atomic E-state index is 0.171. The highest BCUT2D eigenvalue weighted by atomic mass is 16.5.